The summed E-state index contributed by atoms with van der Waals surface area (Å²) in [6, 6.07) is 19.2. The fourth-order valence-corrected chi connectivity index (χ4v) is 2.02. The molecule has 0 spiro atoms. The van der Waals surface area contributed by atoms with Gasteiger partial charge < -0.3 is 4.74 Å². The molecule has 0 aromatic heterocycles. The first-order chi connectivity index (χ1) is 10.7. The zero-order valence-corrected chi connectivity index (χ0v) is 12.5. The van der Waals surface area contributed by atoms with E-state index in [9.17, 15) is 4.79 Å². The van der Waals surface area contributed by atoms with Crippen molar-refractivity contribution in [3.05, 3.63) is 84.4 Å². The molecule has 0 fully saturated rings. The van der Waals surface area contributed by atoms with Crippen molar-refractivity contribution in [1.82, 2.24) is 5.06 Å². The number of rotatable bonds is 6. The molecule has 0 aliphatic carbocycles. The summed E-state index contributed by atoms with van der Waals surface area (Å²) in [6.07, 6.45) is 0.673. The van der Waals surface area contributed by atoms with E-state index in [4.69, 9.17) is 9.57 Å². The number of nitrogens with zero attached hydrogens (tertiary/aromatic N) is 1. The van der Waals surface area contributed by atoms with Crippen molar-refractivity contribution in [3.8, 4) is 0 Å². The Morgan fingerprint density at radius 2 is 1.73 bits per heavy atom. The summed E-state index contributed by atoms with van der Waals surface area (Å²) >= 11 is 0. The molecule has 0 heterocycles. The highest BCUT2D eigenvalue weighted by Gasteiger charge is 2.20. The Morgan fingerprint density at radius 1 is 1.14 bits per heavy atom. The monoisotopic (exact) mass is 297 g/mol. The summed E-state index contributed by atoms with van der Waals surface area (Å²) in [6.45, 7) is 4.08. The minimum Gasteiger partial charge on any atom is -0.451 e. The SMILES string of the molecule is C=C[C@H](ON(Cc1ccccc1)C(=O)OC)c1ccccc1. The van der Waals surface area contributed by atoms with Gasteiger partial charge in [-0.3, -0.25) is 4.84 Å². The average molecular weight is 297 g/mol. The molecule has 0 N–H and O–H groups in total. The van der Waals surface area contributed by atoms with Gasteiger partial charge in [0, 0.05) is 0 Å². The Hall–Kier alpha value is -2.59. The lowest BCUT2D eigenvalue weighted by Gasteiger charge is -2.25. The molecule has 2 rings (SSSR count). The van der Waals surface area contributed by atoms with E-state index in [2.05, 4.69) is 6.58 Å². The molecule has 0 saturated carbocycles. The molecule has 4 heteroatoms. The molecule has 0 bridgehead atoms. The van der Waals surface area contributed by atoms with Crippen molar-refractivity contribution >= 4 is 6.09 Å². The van der Waals surface area contributed by atoms with Crippen LogP contribution in [0.2, 0.25) is 0 Å². The number of benzene rings is 2. The second-order valence-electron chi connectivity index (χ2n) is 4.66. The van der Waals surface area contributed by atoms with E-state index in [1.807, 2.05) is 60.7 Å². The fraction of sp³-hybridized carbons (Fsp3) is 0.167. The Bertz CT molecular complexity index is 598. The first kappa shape index (κ1) is 15.8. The molecule has 2 aromatic rings. The van der Waals surface area contributed by atoms with Crippen molar-refractivity contribution in [2.45, 2.75) is 12.6 Å². The molecule has 22 heavy (non-hydrogen) atoms. The maximum Gasteiger partial charge on any atom is 0.434 e. The first-order valence-corrected chi connectivity index (χ1v) is 6.98. The van der Waals surface area contributed by atoms with Crippen LogP contribution in [-0.2, 0) is 16.1 Å². The molecule has 0 saturated heterocycles. The molecule has 0 radical (unpaired) electrons. The summed E-state index contributed by atoms with van der Waals surface area (Å²) < 4.78 is 4.79. The van der Waals surface area contributed by atoms with Crippen LogP contribution in [-0.4, -0.2) is 18.3 Å². The molecule has 4 nitrogen and oxygen atoms in total. The van der Waals surface area contributed by atoms with Crippen LogP contribution >= 0.6 is 0 Å². The lowest BCUT2D eigenvalue weighted by molar-refractivity contribution is -0.167. The van der Waals surface area contributed by atoms with Crippen molar-refractivity contribution < 1.29 is 14.4 Å². The van der Waals surface area contributed by atoms with Crippen LogP contribution in [0.25, 0.3) is 0 Å². The molecule has 0 unspecified atom stereocenters. The third kappa shape index (κ3) is 4.20. The predicted molar refractivity (Wildman–Crippen MR) is 84.9 cm³/mol. The van der Waals surface area contributed by atoms with E-state index in [1.54, 1.807) is 6.08 Å². The van der Waals surface area contributed by atoms with E-state index in [0.717, 1.165) is 11.1 Å². The highest BCUT2D eigenvalue weighted by molar-refractivity contribution is 5.66. The molecule has 2 aromatic carbocycles. The van der Waals surface area contributed by atoms with E-state index < -0.39 is 12.2 Å². The van der Waals surface area contributed by atoms with Gasteiger partial charge in [0.05, 0.1) is 13.7 Å². The van der Waals surface area contributed by atoms with Gasteiger partial charge in [0.25, 0.3) is 0 Å². The topological polar surface area (TPSA) is 38.8 Å². The molecule has 0 aliphatic heterocycles. The van der Waals surface area contributed by atoms with E-state index in [1.165, 1.54) is 12.2 Å². The van der Waals surface area contributed by atoms with Gasteiger partial charge in [0.1, 0.15) is 6.10 Å². The van der Waals surface area contributed by atoms with Gasteiger partial charge >= 0.3 is 6.09 Å². The molecule has 114 valence electrons. The number of ether oxygens (including phenoxy) is 1. The summed E-state index contributed by atoms with van der Waals surface area (Å²) in [7, 11) is 1.33. The van der Waals surface area contributed by atoms with Gasteiger partial charge in [-0.05, 0) is 11.1 Å². The van der Waals surface area contributed by atoms with Crippen LogP contribution in [0.3, 0.4) is 0 Å². The van der Waals surface area contributed by atoms with Crippen molar-refractivity contribution in [2.24, 2.45) is 0 Å². The van der Waals surface area contributed by atoms with Crippen LogP contribution in [0.15, 0.2) is 73.3 Å². The lowest BCUT2D eigenvalue weighted by Crippen LogP contribution is -2.31. The molecule has 1 amide bonds. The summed E-state index contributed by atoms with van der Waals surface area (Å²) in [5, 5.41) is 1.20. The third-order valence-electron chi connectivity index (χ3n) is 3.13. The Labute approximate surface area is 130 Å². The molecule has 1 atom stereocenters. The van der Waals surface area contributed by atoms with Crippen LogP contribution in [0, 0.1) is 0 Å². The lowest BCUT2D eigenvalue weighted by atomic mass is 10.1. The molecule has 0 aliphatic rings. The maximum atomic E-state index is 11.9. The molecular formula is C18H19NO3. The van der Waals surface area contributed by atoms with Crippen LogP contribution in [0.4, 0.5) is 4.79 Å². The largest absolute Gasteiger partial charge is 0.451 e. The summed E-state index contributed by atoms with van der Waals surface area (Å²) in [5.74, 6) is 0. The Kier molecular flexibility index (Phi) is 5.74. The van der Waals surface area contributed by atoms with Gasteiger partial charge in [-0.1, -0.05) is 66.7 Å². The zero-order chi connectivity index (χ0) is 15.8. The number of carbonyl (C=O) groups excluding carboxylic acids is 1. The number of carbonyl (C=O) groups is 1. The van der Waals surface area contributed by atoms with Crippen molar-refractivity contribution in [1.29, 1.82) is 0 Å². The quantitative estimate of drug-likeness (QED) is 0.595. The van der Waals surface area contributed by atoms with Gasteiger partial charge in [-0.25, -0.2) is 4.79 Å². The van der Waals surface area contributed by atoms with Gasteiger partial charge in [-0.2, -0.15) is 5.06 Å². The van der Waals surface area contributed by atoms with E-state index in [-0.39, 0.29) is 0 Å². The normalized spacial score (nSPS) is 11.5. The standard InChI is InChI=1S/C18H19NO3/c1-3-17(16-12-8-5-9-13-16)22-19(18(20)21-2)14-15-10-6-4-7-11-15/h3-13,17H,1,14H2,2H3/t17-/m0/s1. The van der Waals surface area contributed by atoms with Crippen LogP contribution in [0.5, 0.6) is 0 Å². The van der Waals surface area contributed by atoms with Crippen molar-refractivity contribution in [2.75, 3.05) is 7.11 Å². The smallest absolute Gasteiger partial charge is 0.434 e. The number of methoxy groups -OCH3 is 1. The number of hydrogen-bond acceptors (Lipinski definition) is 3. The second-order valence-corrected chi connectivity index (χ2v) is 4.66. The minimum absolute atomic E-state index is 0.296. The second kappa shape index (κ2) is 8.00. The van der Waals surface area contributed by atoms with Crippen LogP contribution < -0.4 is 0 Å². The number of hydroxylamine groups is 2. The van der Waals surface area contributed by atoms with E-state index >= 15 is 0 Å². The number of amides is 1. The first-order valence-electron chi connectivity index (χ1n) is 6.98. The highest BCUT2D eigenvalue weighted by atomic mass is 16.7. The Morgan fingerprint density at radius 3 is 2.27 bits per heavy atom. The minimum atomic E-state index is -0.549. The molecular weight excluding hydrogens is 278 g/mol. The van der Waals surface area contributed by atoms with Crippen molar-refractivity contribution in [3.63, 3.8) is 0 Å². The van der Waals surface area contributed by atoms with E-state index in [0.29, 0.717) is 6.54 Å². The maximum absolute atomic E-state index is 11.9. The highest BCUT2D eigenvalue weighted by Crippen LogP contribution is 2.21. The summed E-state index contributed by atoms with van der Waals surface area (Å²) in [4.78, 5) is 17.7. The fourth-order valence-electron chi connectivity index (χ4n) is 2.02. The summed E-state index contributed by atoms with van der Waals surface area (Å²) in [5.41, 5.74) is 1.86. The zero-order valence-electron chi connectivity index (χ0n) is 12.5. The average Bonchev–Trinajstić information content (AvgIpc) is 2.59. The third-order valence-corrected chi connectivity index (χ3v) is 3.13. The predicted octanol–water partition coefficient (Wildman–Crippen LogP) is 4.11. The van der Waals surface area contributed by atoms with Crippen LogP contribution in [0.1, 0.15) is 17.2 Å². The Balaban J connectivity index is 2.15. The van der Waals surface area contributed by atoms with Gasteiger partial charge in [0.15, 0.2) is 0 Å². The van der Waals surface area contributed by atoms with Gasteiger partial charge in [0.2, 0.25) is 0 Å². The number of hydrogen-bond donors (Lipinski definition) is 0. The van der Waals surface area contributed by atoms with Gasteiger partial charge in [-0.15, -0.1) is 6.58 Å².